The number of hydrogen-bond acceptors (Lipinski definition) is 4. The number of aromatic nitrogens is 2. The highest BCUT2D eigenvalue weighted by Gasteiger charge is 2.22. The van der Waals surface area contributed by atoms with E-state index in [0.717, 1.165) is 18.4 Å². The zero-order valence-corrected chi connectivity index (χ0v) is 9.23. The molecule has 0 unspecified atom stereocenters. The summed E-state index contributed by atoms with van der Waals surface area (Å²) in [7, 11) is 0. The van der Waals surface area contributed by atoms with Gasteiger partial charge in [-0.15, -0.1) is 0 Å². The zero-order valence-electron chi connectivity index (χ0n) is 9.23. The van der Waals surface area contributed by atoms with Crippen molar-refractivity contribution in [2.75, 3.05) is 5.73 Å². The van der Waals surface area contributed by atoms with Crippen molar-refractivity contribution in [1.82, 2.24) is 9.97 Å². The van der Waals surface area contributed by atoms with E-state index in [4.69, 9.17) is 10.5 Å². The highest BCUT2D eigenvalue weighted by Crippen LogP contribution is 2.31. The molecule has 4 nitrogen and oxygen atoms in total. The summed E-state index contributed by atoms with van der Waals surface area (Å²) in [6.45, 7) is 4.14. The smallest absolute Gasteiger partial charge is 0.222 e. The zero-order chi connectivity index (χ0) is 10.8. The van der Waals surface area contributed by atoms with E-state index in [1.165, 1.54) is 12.7 Å². The van der Waals surface area contributed by atoms with Crippen LogP contribution in [0.1, 0.15) is 44.6 Å². The second-order valence-corrected chi connectivity index (χ2v) is 4.30. The second-order valence-electron chi connectivity index (χ2n) is 4.30. The minimum atomic E-state index is 0.293. The molecule has 0 radical (unpaired) electrons. The van der Waals surface area contributed by atoms with E-state index in [2.05, 4.69) is 23.8 Å². The Morgan fingerprint density at radius 3 is 2.67 bits per heavy atom. The average Bonchev–Trinajstić information content (AvgIpc) is 2.10. The van der Waals surface area contributed by atoms with Crippen LogP contribution in [-0.4, -0.2) is 16.1 Å². The van der Waals surface area contributed by atoms with Gasteiger partial charge in [-0.25, -0.2) is 9.97 Å². The lowest BCUT2D eigenvalue weighted by molar-refractivity contribution is 0.113. The van der Waals surface area contributed by atoms with Gasteiger partial charge in [-0.2, -0.15) is 0 Å². The van der Waals surface area contributed by atoms with Gasteiger partial charge >= 0.3 is 0 Å². The first kappa shape index (κ1) is 10.2. The van der Waals surface area contributed by atoms with Crippen LogP contribution in [-0.2, 0) is 0 Å². The maximum Gasteiger partial charge on any atom is 0.222 e. The number of rotatable bonds is 3. The second kappa shape index (κ2) is 4.04. The van der Waals surface area contributed by atoms with Crippen LogP contribution in [0.5, 0.6) is 5.88 Å². The van der Waals surface area contributed by atoms with E-state index in [-0.39, 0.29) is 0 Å². The summed E-state index contributed by atoms with van der Waals surface area (Å²) in [5, 5.41) is 0. The Morgan fingerprint density at radius 2 is 2.13 bits per heavy atom. The maximum atomic E-state index is 5.83. The van der Waals surface area contributed by atoms with Gasteiger partial charge < -0.3 is 10.5 Å². The number of hydrogen-bond donors (Lipinski definition) is 1. The van der Waals surface area contributed by atoms with E-state index in [9.17, 15) is 0 Å². The number of anilines is 1. The van der Waals surface area contributed by atoms with Crippen LogP contribution in [0, 0.1) is 0 Å². The molecule has 82 valence electrons. The third-order valence-electron chi connectivity index (χ3n) is 2.79. The van der Waals surface area contributed by atoms with Crippen molar-refractivity contribution >= 4 is 5.82 Å². The first-order valence-electron chi connectivity index (χ1n) is 5.45. The summed E-state index contributed by atoms with van der Waals surface area (Å²) in [6.07, 6.45) is 5.30. The van der Waals surface area contributed by atoms with E-state index < -0.39 is 0 Å². The fourth-order valence-corrected chi connectivity index (χ4v) is 1.68. The summed E-state index contributed by atoms with van der Waals surface area (Å²) < 4.78 is 5.79. The minimum Gasteiger partial charge on any atom is -0.474 e. The van der Waals surface area contributed by atoms with Crippen molar-refractivity contribution in [2.24, 2.45) is 0 Å². The van der Waals surface area contributed by atoms with Crippen LogP contribution in [0.15, 0.2) is 6.33 Å². The summed E-state index contributed by atoms with van der Waals surface area (Å²) in [5.41, 5.74) is 6.76. The molecule has 1 aliphatic rings. The number of nitrogens with two attached hydrogens (primary N) is 1. The summed E-state index contributed by atoms with van der Waals surface area (Å²) in [6, 6.07) is 0. The predicted molar refractivity (Wildman–Crippen MR) is 58.8 cm³/mol. The number of nitrogens with zero attached hydrogens (tertiary/aromatic N) is 2. The molecule has 2 rings (SSSR count). The Bertz CT molecular complexity index is 348. The first-order valence-corrected chi connectivity index (χ1v) is 5.45. The standard InChI is InChI=1S/C11H17N3O/c1-7(2)9-10(12)13-6-14-11(9)15-8-4-3-5-8/h6-8H,3-5H2,1-2H3,(H2,12,13,14). The Labute approximate surface area is 89.9 Å². The highest BCUT2D eigenvalue weighted by molar-refractivity contribution is 5.46. The normalized spacial score (nSPS) is 16.5. The van der Waals surface area contributed by atoms with E-state index in [1.807, 2.05) is 0 Å². The Hall–Kier alpha value is -1.32. The lowest BCUT2D eigenvalue weighted by Crippen LogP contribution is -2.26. The fourth-order valence-electron chi connectivity index (χ4n) is 1.68. The van der Waals surface area contributed by atoms with E-state index in [1.54, 1.807) is 0 Å². The molecule has 0 atom stereocenters. The van der Waals surface area contributed by atoms with Gasteiger partial charge in [-0.05, 0) is 25.2 Å². The molecule has 1 aromatic rings. The van der Waals surface area contributed by atoms with Gasteiger partial charge in [0.15, 0.2) is 0 Å². The molecule has 0 amide bonds. The predicted octanol–water partition coefficient (Wildman–Crippen LogP) is 2.11. The third kappa shape index (κ3) is 2.03. The molecule has 0 bridgehead atoms. The van der Waals surface area contributed by atoms with Gasteiger partial charge in [0.05, 0.1) is 5.56 Å². The lowest BCUT2D eigenvalue weighted by Gasteiger charge is -2.27. The SMILES string of the molecule is CC(C)c1c(N)ncnc1OC1CCC1. The molecule has 0 saturated heterocycles. The number of nitrogen functional groups attached to an aromatic ring is 1. The Kier molecular flexibility index (Phi) is 2.75. The van der Waals surface area contributed by atoms with Crippen molar-refractivity contribution in [3.05, 3.63) is 11.9 Å². The van der Waals surface area contributed by atoms with Crippen molar-refractivity contribution in [2.45, 2.75) is 45.1 Å². The summed E-state index contributed by atoms with van der Waals surface area (Å²) in [5.74, 6) is 1.50. The molecule has 0 aliphatic heterocycles. The van der Waals surface area contributed by atoms with Crippen LogP contribution < -0.4 is 10.5 Å². The molecule has 1 aliphatic carbocycles. The molecule has 4 heteroatoms. The van der Waals surface area contributed by atoms with Gasteiger partial charge in [-0.1, -0.05) is 13.8 Å². The Morgan fingerprint density at radius 1 is 1.40 bits per heavy atom. The van der Waals surface area contributed by atoms with Crippen molar-refractivity contribution in [1.29, 1.82) is 0 Å². The summed E-state index contributed by atoms with van der Waals surface area (Å²) >= 11 is 0. The van der Waals surface area contributed by atoms with Crippen LogP contribution >= 0.6 is 0 Å². The van der Waals surface area contributed by atoms with E-state index in [0.29, 0.717) is 23.7 Å². The molecular weight excluding hydrogens is 190 g/mol. The molecule has 1 fully saturated rings. The molecular formula is C11H17N3O. The monoisotopic (exact) mass is 207 g/mol. The molecule has 0 spiro atoms. The topological polar surface area (TPSA) is 61.0 Å². The van der Waals surface area contributed by atoms with Crippen LogP contribution in [0.4, 0.5) is 5.82 Å². The largest absolute Gasteiger partial charge is 0.474 e. The van der Waals surface area contributed by atoms with Crippen LogP contribution in [0.25, 0.3) is 0 Å². The van der Waals surface area contributed by atoms with E-state index >= 15 is 0 Å². The van der Waals surface area contributed by atoms with Gasteiger partial charge in [0, 0.05) is 0 Å². The molecule has 0 aromatic carbocycles. The lowest BCUT2D eigenvalue weighted by atomic mass is 9.96. The Balaban J connectivity index is 2.23. The van der Waals surface area contributed by atoms with Crippen LogP contribution in [0.3, 0.4) is 0 Å². The van der Waals surface area contributed by atoms with Gasteiger partial charge in [0.2, 0.25) is 5.88 Å². The third-order valence-corrected chi connectivity index (χ3v) is 2.79. The molecule has 2 N–H and O–H groups in total. The molecule has 1 heterocycles. The summed E-state index contributed by atoms with van der Waals surface area (Å²) in [4.78, 5) is 8.17. The van der Waals surface area contributed by atoms with Crippen LogP contribution in [0.2, 0.25) is 0 Å². The van der Waals surface area contributed by atoms with Gasteiger partial charge in [0.1, 0.15) is 18.2 Å². The van der Waals surface area contributed by atoms with Gasteiger partial charge in [0.25, 0.3) is 0 Å². The quantitative estimate of drug-likeness (QED) is 0.824. The fraction of sp³-hybridized carbons (Fsp3) is 0.636. The minimum absolute atomic E-state index is 0.293. The molecule has 1 aromatic heterocycles. The highest BCUT2D eigenvalue weighted by atomic mass is 16.5. The van der Waals surface area contributed by atoms with Crippen molar-refractivity contribution < 1.29 is 4.74 Å². The van der Waals surface area contributed by atoms with Crippen molar-refractivity contribution in [3.8, 4) is 5.88 Å². The number of ether oxygens (including phenoxy) is 1. The van der Waals surface area contributed by atoms with Crippen molar-refractivity contribution in [3.63, 3.8) is 0 Å². The first-order chi connectivity index (χ1) is 7.18. The maximum absolute atomic E-state index is 5.83. The van der Waals surface area contributed by atoms with Gasteiger partial charge in [-0.3, -0.25) is 0 Å². The molecule has 1 saturated carbocycles. The molecule has 15 heavy (non-hydrogen) atoms. The average molecular weight is 207 g/mol.